The van der Waals surface area contributed by atoms with Gasteiger partial charge in [-0.1, -0.05) is 15.9 Å². The van der Waals surface area contributed by atoms with Crippen LogP contribution in [0.4, 0.5) is 0 Å². The average Bonchev–Trinajstić information content (AvgIpc) is 2.40. The molecule has 0 radical (unpaired) electrons. The molecule has 0 atom stereocenters. The molecule has 0 aliphatic carbocycles. The lowest BCUT2D eigenvalue weighted by Crippen LogP contribution is -1.92. The SMILES string of the molecule is CCOc1ccc(-c2cnc(CBr)cn2)cc1. The summed E-state index contributed by atoms with van der Waals surface area (Å²) in [4.78, 5) is 8.65. The van der Waals surface area contributed by atoms with E-state index < -0.39 is 0 Å². The van der Waals surface area contributed by atoms with E-state index in [0.717, 1.165) is 28.0 Å². The highest BCUT2D eigenvalue weighted by molar-refractivity contribution is 9.08. The molecule has 2 aromatic rings. The fourth-order valence-electron chi connectivity index (χ4n) is 1.46. The third-order valence-corrected chi connectivity index (χ3v) is 2.88. The van der Waals surface area contributed by atoms with Crippen LogP contribution >= 0.6 is 15.9 Å². The molecule has 1 aromatic carbocycles. The zero-order chi connectivity index (χ0) is 12.1. The lowest BCUT2D eigenvalue weighted by molar-refractivity contribution is 0.340. The molecule has 0 saturated heterocycles. The first-order chi connectivity index (χ1) is 8.33. The molecule has 4 heteroatoms. The molecule has 1 aromatic heterocycles. The molecule has 0 amide bonds. The maximum atomic E-state index is 5.39. The van der Waals surface area contributed by atoms with Crippen molar-refractivity contribution < 1.29 is 4.74 Å². The third kappa shape index (κ3) is 3.03. The Hall–Kier alpha value is -1.42. The van der Waals surface area contributed by atoms with E-state index in [1.54, 1.807) is 12.4 Å². The summed E-state index contributed by atoms with van der Waals surface area (Å²) in [5.74, 6) is 0.876. The van der Waals surface area contributed by atoms with Gasteiger partial charge in [0.1, 0.15) is 5.75 Å². The van der Waals surface area contributed by atoms with Crippen LogP contribution in [0.3, 0.4) is 0 Å². The van der Waals surface area contributed by atoms with Crippen molar-refractivity contribution in [2.75, 3.05) is 6.61 Å². The fourth-order valence-corrected chi connectivity index (χ4v) is 1.75. The van der Waals surface area contributed by atoms with Crippen molar-refractivity contribution >= 4 is 15.9 Å². The van der Waals surface area contributed by atoms with Crippen LogP contribution in [0.15, 0.2) is 36.7 Å². The topological polar surface area (TPSA) is 35.0 Å². The Morgan fingerprint density at radius 2 is 1.88 bits per heavy atom. The fraction of sp³-hybridized carbons (Fsp3) is 0.231. The van der Waals surface area contributed by atoms with Gasteiger partial charge in [0, 0.05) is 17.1 Å². The van der Waals surface area contributed by atoms with Crippen LogP contribution < -0.4 is 4.74 Å². The Kier molecular flexibility index (Phi) is 4.09. The van der Waals surface area contributed by atoms with Crippen LogP contribution in [0.5, 0.6) is 5.75 Å². The summed E-state index contributed by atoms with van der Waals surface area (Å²) in [6.45, 7) is 2.65. The predicted octanol–water partition coefficient (Wildman–Crippen LogP) is 3.44. The summed E-state index contributed by atoms with van der Waals surface area (Å²) in [7, 11) is 0. The van der Waals surface area contributed by atoms with Crippen molar-refractivity contribution in [1.82, 2.24) is 9.97 Å². The maximum absolute atomic E-state index is 5.39. The van der Waals surface area contributed by atoms with Crippen molar-refractivity contribution in [2.24, 2.45) is 0 Å². The Balaban J connectivity index is 2.20. The molecule has 0 aliphatic rings. The van der Waals surface area contributed by atoms with E-state index in [1.807, 2.05) is 31.2 Å². The standard InChI is InChI=1S/C13H13BrN2O/c1-2-17-12-5-3-10(4-6-12)13-9-15-11(7-14)8-16-13/h3-6,8-9H,2,7H2,1H3. The van der Waals surface area contributed by atoms with Crippen LogP contribution in [-0.2, 0) is 5.33 Å². The van der Waals surface area contributed by atoms with Crippen molar-refractivity contribution in [1.29, 1.82) is 0 Å². The number of nitrogens with zero attached hydrogens (tertiary/aromatic N) is 2. The molecule has 0 unspecified atom stereocenters. The highest BCUT2D eigenvalue weighted by atomic mass is 79.9. The van der Waals surface area contributed by atoms with Gasteiger partial charge < -0.3 is 4.74 Å². The van der Waals surface area contributed by atoms with Gasteiger partial charge >= 0.3 is 0 Å². The number of aromatic nitrogens is 2. The van der Waals surface area contributed by atoms with Gasteiger partial charge in [0.2, 0.25) is 0 Å². The number of rotatable bonds is 4. The Bertz CT molecular complexity index is 468. The number of benzene rings is 1. The zero-order valence-electron chi connectivity index (χ0n) is 9.56. The number of hydrogen-bond acceptors (Lipinski definition) is 3. The van der Waals surface area contributed by atoms with Gasteiger partial charge in [-0.25, -0.2) is 0 Å². The summed E-state index contributed by atoms with van der Waals surface area (Å²) in [6.07, 6.45) is 3.56. The molecular formula is C13H13BrN2O. The van der Waals surface area contributed by atoms with Gasteiger partial charge in [0.25, 0.3) is 0 Å². The summed E-state index contributed by atoms with van der Waals surface area (Å²) in [5.41, 5.74) is 2.85. The quantitative estimate of drug-likeness (QED) is 0.810. The molecule has 1 heterocycles. The second-order valence-electron chi connectivity index (χ2n) is 3.48. The third-order valence-electron chi connectivity index (χ3n) is 2.30. The first kappa shape index (κ1) is 12.0. The largest absolute Gasteiger partial charge is 0.494 e. The van der Waals surface area contributed by atoms with Gasteiger partial charge in [-0.05, 0) is 31.2 Å². The summed E-state index contributed by atoms with van der Waals surface area (Å²) >= 11 is 3.35. The molecule has 0 bridgehead atoms. The highest BCUT2D eigenvalue weighted by Gasteiger charge is 2.01. The van der Waals surface area contributed by atoms with Crippen LogP contribution in [0.25, 0.3) is 11.3 Å². The molecule has 17 heavy (non-hydrogen) atoms. The van der Waals surface area contributed by atoms with E-state index in [1.165, 1.54) is 0 Å². The molecular weight excluding hydrogens is 280 g/mol. The van der Waals surface area contributed by atoms with Gasteiger partial charge in [0.15, 0.2) is 0 Å². The van der Waals surface area contributed by atoms with Gasteiger partial charge in [-0.15, -0.1) is 0 Å². The van der Waals surface area contributed by atoms with E-state index in [0.29, 0.717) is 6.61 Å². The highest BCUT2D eigenvalue weighted by Crippen LogP contribution is 2.20. The molecule has 0 aliphatic heterocycles. The van der Waals surface area contributed by atoms with Crippen LogP contribution in [-0.4, -0.2) is 16.6 Å². The maximum Gasteiger partial charge on any atom is 0.119 e. The number of alkyl halides is 1. The van der Waals surface area contributed by atoms with Crippen LogP contribution in [0, 0.1) is 0 Å². The monoisotopic (exact) mass is 292 g/mol. The van der Waals surface area contributed by atoms with E-state index >= 15 is 0 Å². The summed E-state index contributed by atoms with van der Waals surface area (Å²) in [6, 6.07) is 7.86. The summed E-state index contributed by atoms with van der Waals surface area (Å²) in [5, 5.41) is 0.726. The van der Waals surface area contributed by atoms with E-state index in [2.05, 4.69) is 25.9 Å². The molecule has 0 spiro atoms. The minimum absolute atomic E-state index is 0.680. The van der Waals surface area contributed by atoms with E-state index in [4.69, 9.17) is 4.74 Å². The second-order valence-corrected chi connectivity index (χ2v) is 4.04. The van der Waals surface area contributed by atoms with Crippen LogP contribution in [0.1, 0.15) is 12.6 Å². The first-order valence-corrected chi connectivity index (χ1v) is 6.55. The van der Waals surface area contributed by atoms with Crippen molar-refractivity contribution in [3.63, 3.8) is 0 Å². The van der Waals surface area contributed by atoms with E-state index in [-0.39, 0.29) is 0 Å². The zero-order valence-corrected chi connectivity index (χ0v) is 11.1. The molecule has 0 N–H and O–H groups in total. The molecule has 0 fully saturated rings. The Morgan fingerprint density at radius 1 is 1.12 bits per heavy atom. The smallest absolute Gasteiger partial charge is 0.119 e. The minimum atomic E-state index is 0.680. The molecule has 2 rings (SSSR count). The first-order valence-electron chi connectivity index (χ1n) is 5.43. The predicted molar refractivity (Wildman–Crippen MR) is 71.3 cm³/mol. The number of hydrogen-bond donors (Lipinski definition) is 0. The molecule has 0 saturated carbocycles. The van der Waals surface area contributed by atoms with Crippen molar-refractivity contribution in [2.45, 2.75) is 12.3 Å². The van der Waals surface area contributed by atoms with Gasteiger partial charge in [-0.3, -0.25) is 9.97 Å². The molecule has 88 valence electrons. The van der Waals surface area contributed by atoms with Crippen molar-refractivity contribution in [3.05, 3.63) is 42.4 Å². The van der Waals surface area contributed by atoms with Gasteiger partial charge in [-0.2, -0.15) is 0 Å². The second kappa shape index (κ2) is 5.77. The average molecular weight is 293 g/mol. The number of halogens is 1. The van der Waals surface area contributed by atoms with Gasteiger partial charge in [0.05, 0.1) is 24.2 Å². The lowest BCUT2D eigenvalue weighted by Gasteiger charge is -2.04. The normalized spacial score (nSPS) is 10.2. The van der Waals surface area contributed by atoms with E-state index in [9.17, 15) is 0 Å². The minimum Gasteiger partial charge on any atom is -0.494 e. The Labute approximate surface area is 109 Å². The molecule has 3 nitrogen and oxygen atoms in total. The lowest BCUT2D eigenvalue weighted by atomic mass is 10.1. The number of ether oxygens (including phenoxy) is 1. The summed E-state index contributed by atoms with van der Waals surface area (Å²) < 4.78 is 5.39. The van der Waals surface area contributed by atoms with Crippen molar-refractivity contribution in [3.8, 4) is 17.0 Å². The Morgan fingerprint density at radius 3 is 2.41 bits per heavy atom. The van der Waals surface area contributed by atoms with Crippen LogP contribution in [0.2, 0.25) is 0 Å².